The van der Waals surface area contributed by atoms with Gasteiger partial charge in [0.1, 0.15) is 9.84 Å². The second-order valence-electron chi connectivity index (χ2n) is 9.06. The molecule has 1 aliphatic rings. The summed E-state index contributed by atoms with van der Waals surface area (Å²) in [5.41, 5.74) is 1.47. The average Bonchev–Trinajstić information content (AvgIpc) is 2.63. The van der Waals surface area contributed by atoms with E-state index in [1.807, 2.05) is 41.3 Å². The Kier molecular flexibility index (Phi) is 6.05. The van der Waals surface area contributed by atoms with Gasteiger partial charge in [0.2, 0.25) is 0 Å². The second-order valence-corrected chi connectivity index (χ2v) is 11.2. The Morgan fingerprint density at radius 1 is 1.14 bits per heavy atom. The molecule has 5 heteroatoms. The fraction of sp³-hybridized carbons (Fsp3) is 0.458. The SMILES string of the molecule is CC(C)(C)C#Cc1cccc2c(C(=O)N3CCCC(CS(C)(=O)=O)C3)cccc12. The summed E-state index contributed by atoms with van der Waals surface area (Å²) in [6.45, 7) is 7.38. The second kappa shape index (κ2) is 8.20. The minimum absolute atomic E-state index is 0.00545. The van der Waals surface area contributed by atoms with Crippen molar-refractivity contribution in [1.29, 1.82) is 0 Å². The van der Waals surface area contributed by atoms with Gasteiger partial charge in [0, 0.05) is 35.9 Å². The van der Waals surface area contributed by atoms with Gasteiger partial charge in [0.15, 0.2) is 0 Å². The number of likely N-dealkylation sites (tertiary alicyclic amines) is 1. The smallest absolute Gasteiger partial charge is 0.254 e. The van der Waals surface area contributed by atoms with Crippen LogP contribution in [0.15, 0.2) is 36.4 Å². The van der Waals surface area contributed by atoms with Crippen molar-refractivity contribution in [2.24, 2.45) is 11.3 Å². The van der Waals surface area contributed by atoms with Gasteiger partial charge < -0.3 is 4.90 Å². The summed E-state index contributed by atoms with van der Waals surface area (Å²) < 4.78 is 23.3. The molecular weight excluding hydrogens is 382 g/mol. The van der Waals surface area contributed by atoms with Gasteiger partial charge in [0.05, 0.1) is 5.75 Å². The maximum atomic E-state index is 13.3. The van der Waals surface area contributed by atoms with Gasteiger partial charge in [-0.2, -0.15) is 0 Å². The molecule has 4 nitrogen and oxygen atoms in total. The van der Waals surface area contributed by atoms with Gasteiger partial charge in [-0.3, -0.25) is 4.79 Å². The van der Waals surface area contributed by atoms with E-state index >= 15 is 0 Å². The lowest BCUT2D eigenvalue weighted by molar-refractivity contribution is 0.0686. The molecule has 0 bridgehead atoms. The van der Waals surface area contributed by atoms with Crippen LogP contribution in [-0.2, 0) is 9.84 Å². The summed E-state index contributed by atoms with van der Waals surface area (Å²) >= 11 is 0. The quantitative estimate of drug-likeness (QED) is 0.714. The number of sulfone groups is 1. The molecule has 29 heavy (non-hydrogen) atoms. The molecule has 1 amide bonds. The molecule has 1 atom stereocenters. The van der Waals surface area contributed by atoms with E-state index in [0.717, 1.165) is 29.2 Å². The number of benzene rings is 2. The Morgan fingerprint density at radius 3 is 2.52 bits per heavy atom. The minimum atomic E-state index is -3.05. The number of hydrogen-bond donors (Lipinski definition) is 0. The molecule has 154 valence electrons. The van der Waals surface area contributed by atoms with Crippen LogP contribution in [0.3, 0.4) is 0 Å². The van der Waals surface area contributed by atoms with E-state index in [-0.39, 0.29) is 23.0 Å². The van der Waals surface area contributed by atoms with Crippen LogP contribution in [0.1, 0.15) is 49.5 Å². The highest BCUT2D eigenvalue weighted by Gasteiger charge is 2.27. The fourth-order valence-electron chi connectivity index (χ4n) is 3.84. The first-order valence-electron chi connectivity index (χ1n) is 10.1. The first kappa shape index (κ1) is 21.4. The standard InChI is InChI=1S/C24H29NO3S/c1-24(2,3)14-13-19-9-5-11-21-20(19)10-6-12-22(21)23(26)25-15-7-8-18(16-25)17-29(4,27)28/h5-6,9-12,18H,7-8,15-17H2,1-4H3. The predicted octanol–water partition coefficient (Wildman–Crippen LogP) is 4.13. The molecule has 0 N–H and O–H groups in total. The molecule has 1 heterocycles. The summed E-state index contributed by atoms with van der Waals surface area (Å²) in [5, 5.41) is 1.86. The number of carbonyl (C=O) groups excluding carboxylic acids is 1. The van der Waals surface area contributed by atoms with Gasteiger partial charge in [0.25, 0.3) is 5.91 Å². The highest BCUT2D eigenvalue weighted by atomic mass is 32.2. The van der Waals surface area contributed by atoms with Crippen molar-refractivity contribution in [3.63, 3.8) is 0 Å². The molecule has 3 rings (SSSR count). The third-order valence-corrected chi connectivity index (χ3v) is 6.15. The zero-order valence-electron chi connectivity index (χ0n) is 17.7. The number of fused-ring (bicyclic) bond motifs is 1. The van der Waals surface area contributed by atoms with Gasteiger partial charge in [-0.15, -0.1) is 0 Å². The lowest BCUT2D eigenvalue weighted by Gasteiger charge is -2.32. The Balaban J connectivity index is 1.93. The van der Waals surface area contributed by atoms with Crippen LogP contribution in [0.5, 0.6) is 0 Å². The zero-order valence-corrected chi connectivity index (χ0v) is 18.5. The highest BCUT2D eigenvalue weighted by molar-refractivity contribution is 7.90. The lowest BCUT2D eigenvalue weighted by Crippen LogP contribution is -2.41. The zero-order chi connectivity index (χ0) is 21.2. The third kappa shape index (κ3) is 5.61. The molecular formula is C24H29NO3S. The average molecular weight is 412 g/mol. The Labute approximate surface area is 174 Å². The van der Waals surface area contributed by atoms with Crippen molar-refractivity contribution in [2.45, 2.75) is 33.6 Å². The summed E-state index contributed by atoms with van der Waals surface area (Å²) in [5.74, 6) is 6.64. The normalized spacial score (nSPS) is 17.7. The predicted molar refractivity (Wildman–Crippen MR) is 119 cm³/mol. The minimum Gasteiger partial charge on any atom is -0.338 e. The molecule has 0 aromatic heterocycles. The topological polar surface area (TPSA) is 54.5 Å². The van der Waals surface area contributed by atoms with E-state index in [9.17, 15) is 13.2 Å². The number of carbonyl (C=O) groups is 1. The van der Waals surface area contributed by atoms with Crippen molar-refractivity contribution < 1.29 is 13.2 Å². The molecule has 0 saturated carbocycles. The molecule has 1 aliphatic heterocycles. The largest absolute Gasteiger partial charge is 0.338 e. The monoisotopic (exact) mass is 411 g/mol. The maximum Gasteiger partial charge on any atom is 0.254 e. The van der Waals surface area contributed by atoms with E-state index in [1.165, 1.54) is 6.26 Å². The molecule has 0 radical (unpaired) electrons. The first-order chi connectivity index (χ1) is 13.5. The van der Waals surface area contributed by atoms with Gasteiger partial charge in [-0.05, 0) is 62.4 Å². The first-order valence-corrected chi connectivity index (χ1v) is 12.1. The fourth-order valence-corrected chi connectivity index (χ4v) is 4.97. The summed E-state index contributed by atoms with van der Waals surface area (Å²) in [6, 6.07) is 11.6. The Bertz CT molecular complexity index is 1080. The van der Waals surface area contributed by atoms with Crippen LogP contribution in [0.25, 0.3) is 10.8 Å². The maximum absolute atomic E-state index is 13.3. The molecule has 1 fully saturated rings. The van der Waals surface area contributed by atoms with Gasteiger partial charge in [-0.1, -0.05) is 36.1 Å². The molecule has 1 saturated heterocycles. The Morgan fingerprint density at radius 2 is 1.83 bits per heavy atom. The molecule has 2 aromatic rings. The van der Waals surface area contributed by atoms with Crippen molar-refractivity contribution in [2.75, 3.05) is 25.1 Å². The van der Waals surface area contributed by atoms with Crippen LogP contribution >= 0.6 is 0 Å². The van der Waals surface area contributed by atoms with Crippen molar-refractivity contribution in [3.05, 3.63) is 47.5 Å². The number of nitrogens with zero attached hydrogens (tertiary/aromatic N) is 1. The lowest BCUT2D eigenvalue weighted by atomic mass is 9.95. The van der Waals surface area contributed by atoms with E-state index in [1.54, 1.807) is 0 Å². The summed E-state index contributed by atoms with van der Waals surface area (Å²) in [6.07, 6.45) is 2.94. The molecule has 2 aromatic carbocycles. The number of rotatable bonds is 3. The Hall–Kier alpha value is -2.32. The van der Waals surface area contributed by atoms with Crippen LogP contribution < -0.4 is 0 Å². The molecule has 0 aliphatic carbocycles. The number of amides is 1. The van der Waals surface area contributed by atoms with Gasteiger partial charge in [-0.25, -0.2) is 8.42 Å². The van der Waals surface area contributed by atoms with E-state index < -0.39 is 9.84 Å². The van der Waals surface area contributed by atoms with Crippen molar-refractivity contribution >= 4 is 26.5 Å². The van der Waals surface area contributed by atoms with E-state index in [2.05, 4.69) is 32.6 Å². The summed E-state index contributed by atoms with van der Waals surface area (Å²) in [7, 11) is -3.05. The van der Waals surface area contributed by atoms with Crippen LogP contribution in [-0.4, -0.2) is 44.3 Å². The number of hydrogen-bond acceptors (Lipinski definition) is 3. The van der Waals surface area contributed by atoms with Crippen molar-refractivity contribution in [1.82, 2.24) is 4.90 Å². The molecule has 1 unspecified atom stereocenters. The molecule has 0 spiro atoms. The van der Waals surface area contributed by atoms with E-state index in [0.29, 0.717) is 18.7 Å². The van der Waals surface area contributed by atoms with E-state index in [4.69, 9.17) is 0 Å². The van der Waals surface area contributed by atoms with Crippen LogP contribution in [0.4, 0.5) is 0 Å². The van der Waals surface area contributed by atoms with Crippen LogP contribution in [0.2, 0.25) is 0 Å². The third-order valence-electron chi connectivity index (χ3n) is 5.07. The highest BCUT2D eigenvalue weighted by Crippen LogP contribution is 2.26. The number of piperidine rings is 1. The van der Waals surface area contributed by atoms with Gasteiger partial charge >= 0.3 is 0 Å². The van der Waals surface area contributed by atoms with Crippen LogP contribution in [0, 0.1) is 23.2 Å². The summed E-state index contributed by atoms with van der Waals surface area (Å²) in [4.78, 5) is 15.1. The van der Waals surface area contributed by atoms with Crippen molar-refractivity contribution in [3.8, 4) is 11.8 Å².